The summed E-state index contributed by atoms with van der Waals surface area (Å²) in [5.41, 5.74) is 0.837. The van der Waals surface area contributed by atoms with Crippen molar-refractivity contribution in [2.24, 2.45) is 5.92 Å². The summed E-state index contributed by atoms with van der Waals surface area (Å²) in [4.78, 5) is 21.8. The Morgan fingerprint density at radius 1 is 1.30 bits per heavy atom. The fourth-order valence-electron chi connectivity index (χ4n) is 4.23. The molecule has 0 bridgehead atoms. The van der Waals surface area contributed by atoms with E-state index in [0.717, 1.165) is 16.5 Å². The number of carbonyl (C=O) groups excluding carboxylic acids is 1. The van der Waals surface area contributed by atoms with Crippen molar-refractivity contribution in [2.45, 2.75) is 57.9 Å². The van der Waals surface area contributed by atoms with Crippen LogP contribution in [-0.4, -0.2) is 47.9 Å². The van der Waals surface area contributed by atoms with Crippen molar-refractivity contribution in [2.75, 3.05) is 5.32 Å². The minimum atomic E-state index is -1.19. The Balaban J connectivity index is 1.64. The lowest BCUT2D eigenvalue weighted by atomic mass is 10.0. The Morgan fingerprint density at radius 2 is 2.09 bits per heavy atom. The van der Waals surface area contributed by atoms with Gasteiger partial charge in [-0.25, -0.2) is 9.97 Å². The van der Waals surface area contributed by atoms with Gasteiger partial charge in [-0.05, 0) is 56.4 Å². The van der Waals surface area contributed by atoms with Crippen LogP contribution in [0.5, 0.6) is 0 Å². The number of anilines is 1. The predicted octanol–water partition coefficient (Wildman–Crippen LogP) is 3.51. The van der Waals surface area contributed by atoms with Crippen LogP contribution < -0.4 is 5.32 Å². The van der Waals surface area contributed by atoms with Crippen LogP contribution in [0.2, 0.25) is 0 Å². The monoisotopic (exact) mass is 513 g/mol. The molecule has 0 saturated heterocycles. The normalized spacial score (nSPS) is 20.7. The largest absolute Gasteiger partial charge is 0.393 e. The van der Waals surface area contributed by atoms with Gasteiger partial charge in [0.15, 0.2) is 0 Å². The van der Waals surface area contributed by atoms with Crippen LogP contribution in [0.15, 0.2) is 47.3 Å². The van der Waals surface area contributed by atoms with Gasteiger partial charge in [0.05, 0.1) is 23.9 Å². The van der Waals surface area contributed by atoms with Crippen LogP contribution in [0.1, 0.15) is 60.9 Å². The molecule has 33 heavy (non-hydrogen) atoms. The first-order chi connectivity index (χ1) is 15.6. The molecule has 2 aromatic heterocycles. The zero-order chi connectivity index (χ0) is 23.8. The number of halogens is 1. The second-order valence-corrected chi connectivity index (χ2v) is 10.1. The zero-order valence-corrected chi connectivity index (χ0v) is 20.5. The van der Waals surface area contributed by atoms with Crippen LogP contribution in [-0.2, 0) is 12.1 Å². The number of ketones is 1. The van der Waals surface area contributed by atoms with E-state index in [9.17, 15) is 15.0 Å². The summed E-state index contributed by atoms with van der Waals surface area (Å²) >= 11 is 3.47. The lowest BCUT2D eigenvalue weighted by Gasteiger charge is -2.19. The highest BCUT2D eigenvalue weighted by Crippen LogP contribution is 2.29. The number of benzene rings is 1. The molecule has 0 amide bonds. The van der Waals surface area contributed by atoms with Crippen molar-refractivity contribution in [1.29, 1.82) is 0 Å². The van der Waals surface area contributed by atoms with Crippen LogP contribution in [0.4, 0.5) is 5.82 Å². The van der Waals surface area contributed by atoms with Crippen molar-refractivity contribution in [3.05, 3.63) is 69.8 Å². The molecule has 174 valence electrons. The number of aromatic nitrogens is 4. The molecule has 1 aliphatic carbocycles. The number of rotatable bonds is 7. The number of nitrogens with one attached hydrogen (secondary N) is 1. The van der Waals surface area contributed by atoms with Gasteiger partial charge in [0, 0.05) is 16.7 Å². The average molecular weight is 514 g/mol. The van der Waals surface area contributed by atoms with Crippen molar-refractivity contribution in [1.82, 2.24) is 19.7 Å². The number of aliphatic hydroxyl groups excluding tert-OH is 1. The Morgan fingerprint density at radius 3 is 2.76 bits per heavy atom. The molecule has 0 radical (unpaired) electrons. The summed E-state index contributed by atoms with van der Waals surface area (Å²) in [6.07, 6.45) is 3.89. The van der Waals surface area contributed by atoms with Crippen molar-refractivity contribution >= 4 is 27.5 Å². The number of hydrogen-bond donors (Lipinski definition) is 3. The lowest BCUT2D eigenvalue weighted by Crippen LogP contribution is -2.21. The SMILES string of the molecule is C[C@@H]1C[C@@H](Nc2ncncc2C(=O)c2cc(C(C)(C)O)n(Cc3cccc(Br)c3)n2)C[C@@H]1O. The van der Waals surface area contributed by atoms with E-state index in [2.05, 4.69) is 36.3 Å². The van der Waals surface area contributed by atoms with E-state index >= 15 is 0 Å². The maximum absolute atomic E-state index is 13.4. The summed E-state index contributed by atoms with van der Waals surface area (Å²) in [6, 6.07) is 9.45. The van der Waals surface area contributed by atoms with E-state index < -0.39 is 5.60 Å². The molecule has 1 aliphatic rings. The Bertz CT molecular complexity index is 1150. The smallest absolute Gasteiger partial charge is 0.218 e. The van der Waals surface area contributed by atoms with Gasteiger partial charge in [-0.15, -0.1) is 0 Å². The van der Waals surface area contributed by atoms with Gasteiger partial charge in [0.25, 0.3) is 0 Å². The summed E-state index contributed by atoms with van der Waals surface area (Å²) in [5.74, 6) is 0.280. The van der Waals surface area contributed by atoms with Gasteiger partial charge in [0.1, 0.15) is 23.4 Å². The van der Waals surface area contributed by atoms with Crippen LogP contribution >= 0.6 is 15.9 Å². The molecular formula is C24H28BrN5O3. The quantitative estimate of drug-likeness (QED) is 0.414. The first kappa shape index (κ1) is 23.5. The van der Waals surface area contributed by atoms with Gasteiger partial charge in [-0.1, -0.05) is 35.0 Å². The lowest BCUT2D eigenvalue weighted by molar-refractivity contribution is 0.0688. The molecule has 1 saturated carbocycles. The third kappa shape index (κ3) is 5.31. The van der Waals surface area contributed by atoms with Gasteiger partial charge in [-0.3, -0.25) is 9.48 Å². The maximum Gasteiger partial charge on any atom is 0.218 e. The Labute approximate surface area is 201 Å². The van der Waals surface area contributed by atoms with Gasteiger partial charge >= 0.3 is 0 Å². The number of hydrogen-bond acceptors (Lipinski definition) is 7. The van der Waals surface area contributed by atoms with Gasteiger partial charge < -0.3 is 15.5 Å². The van der Waals surface area contributed by atoms with Gasteiger partial charge in [0.2, 0.25) is 5.78 Å². The van der Waals surface area contributed by atoms with E-state index in [1.165, 1.54) is 12.5 Å². The molecular weight excluding hydrogens is 486 g/mol. The second-order valence-electron chi connectivity index (χ2n) is 9.23. The fraction of sp³-hybridized carbons (Fsp3) is 0.417. The highest BCUT2D eigenvalue weighted by molar-refractivity contribution is 9.10. The van der Waals surface area contributed by atoms with Crippen molar-refractivity contribution in [3.63, 3.8) is 0 Å². The number of aliphatic hydroxyl groups is 2. The molecule has 9 heteroatoms. The molecule has 3 aromatic rings. The van der Waals surface area contributed by atoms with E-state index in [4.69, 9.17) is 0 Å². The van der Waals surface area contributed by atoms with Gasteiger partial charge in [-0.2, -0.15) is 5.10 Å². The van der Waals surface area contributed by atoms with E-state index in [-0.39, 0.29) is 29.5 Å². The molecule has 0 unspecified atom stereocenters. The first-order valence-electron chi connectivity index (χ1n) is 11.0. The summed E-state index contributed by atoms with van der Waals surface area (Å²) in [6.45, 7) is 5.75. The molecule has 8 nitrogen and oxygen atoms in total. The summed E-state index contributed by atoms with van der Waals surface area (Å²) in [5, 5.41) is 28.6. The van der Waals surface area contributed by atoms with E-state index in [0.29, 0.717) is 30.0 Å². The third-order valence-corrected chi connectivity index (χ3v) is 6.49. The standard InChI is InChI=1S/C24H28BrN5O3/c1-14-7-17(9-20(14)31)28-23-18(11-26-13-27-23)22(32)19-10-21(24(2,3)33)30(29-19)12-15-5-4-6-16(25)8-15/h4-6,8,10-11,13-14,17,20,31,33H,7,9,12H2,1-3H3,(H,26,27,28)/t14-,17-,20+/m1/s1. The van der Waals surface area contributed by atoms with Crippen LogP contribution in [0.25, 0.3) is 0 Å². The first-order valence-corrected chi connectivity index (χ1v) is 11.8. The number of carbonyl (C=O) groups is 1. The highest BCUT2D eigenvalue weighted by Gasteiger charge is 2.31. The third-order valence-electron chi connectivity index (χ3n) is 6.00. The second kappa shape index (κ2) is 9.32. The number of nitrogens with zero attached hydrogens (tertiary/aromatic N) is 4. The zero-order valence-electron chi connectivity index (χ0n) is 18.9. The van der Waals surface area contributed by atoms with Crippen molar-refractivity contribution < 1.29 is 15.0 Å². The minimum absolute atomic E-state index is 0.0254. The summed E-state index contributed by atoms with van der Waals surface area (Å²) < 4.78 is 2.60. The Kier molecular flexibility index (Phi) is 6.65. The molecule has 1 aromatic carbocycles. The molecule has 3 N–H and O–H groups in total. The molecule has 1 fully saturated rings. The molecule has 0 aliphatic heterocycles. The molecule has 4 rings (SSSR count). The Hall–Kier alpha value is -2.62. The topological polar surface area (TPSA) is 113 Å². The highest BCUT2D eigenvalue weighted by atomic mass is 79.9. The summed E-state index contributed by atoms with van der Waals surface area (Å²) in [7, 11) is 0. The predicted molar refractivity (Wildman–Crippen MR) is 128 cm³/mol. The van der Waals surface area contributed by atoms with Crippen LogP contribution in [0, 0.1) is 5.92 Å². The maximum atomic E-state index is 13.4. The molecule has 0 spiro atoms. The molecule has 3 atom stereocenters. The van der Waals surface area contributed by atoms with E-state index in [1.807, 2.05) is 31.2 Å². The van der Waals surface area contributed by atoms with E-state index in [1.54, 1.807) is 24.6 Å². The van der Waals surface area contributed by atoms with Crippen molar-refractivity contribution in [3.8, 4) is 0 Å². The fourth-order valence-corrected chi connectivity index (χ4v) is 4.68. The minimum Gasteiger partial charge on any atom is -0.393 e. The van der Waals surface area contributed by atoms with Crippen LogP contribution in [0.3, 0.4) is 0 Å². The molecule has 2 heterocycles. The average Bonchev–Trinajstić information content (AvgIpc) is 3.31.